The van der Waals surface area contributed by atoms with E-state index in [1.54, 1.807) is 21.3 Å². The Morgan fingerprint density at radius 2 is 1.58 bits per heavy atom. The third-order valence-electron chi connectivity index (χ3n) is 4.17. The zero-order valence-corrected chi connectivity index (χ0v) is 16.5. The number of ether oxygens (including phenoxy) is 3. The number of methoxy groups -OCH3 is 3. The van der Waals surface area contributed by atoms with Gasteiger partial charge in [0.1, 0.15) is 0 Å². The first kappa shape index (κ1) is 24.0. The monoisotopic (exact) mass is 389 g/mol. The average molecular weight is 390 g/mol. The van der Waals surface area contributed by atoms with Crippen LogP contribution in [0, 0.1) is 5.41 Å². The van der Waals surface area contributed by atoms with Crippen LogP contribution in [0.5, 0.6) is 0 Å². The Morgan fingerprint density at radius 1 is 1.04 bits per heavy atom. The zero-order chi connectivity index (χ0) is 17.2. The molecule has 0 bridgehead atoms. The van der Waals surface area contributed by atoms with Gasteiger partial charge < -0.3 is 19.5 Å². The molecule has 0 spiro atoms. The standard InChI is InChI=1S/C14H31N3O5S.ClH/c1-20-10-8-17(9-11-21-2)23(18,19)16-12-14(13-22-3)4-6-15-7-5-14;/h15-16H,4-13H2,1-3H3;1H. The van der Waals surface area contributed by atoms with Gasteiger partial charge >= 0.3 is 0 Å². The average Bonchev–Trinajstić information content (AvgIpc) is 2.54. The summed E-state index contributed by atoms with van der Waals surface area (Å²) in [4.78, 5) is 0. The maximum atomic E-state index is 12.6. The van der Waals surface area contributed by atoms with E-state index in [4.69, 9.17) is 14.2 Å². The summed E-state index contributed by atoms with van der Waals surface area (Å²) in [5, 5.41) is 3.30. The number of halogens is 1. The van der Waals surface area contributed by atoms with Crippen LogP contribution in [-0.2, 0) is 24.4 Å². The second-order valence-corrected chi connectivity index (χ2v) is 7.65. The van der Waals surface area contributed by atoms with Crippen LogP contribution in [0.15, 0.2) is 0 Å². The van der Waals surface area contributed by atoms with Gasteiger partial charge in [0.05, 0.1) is 19.8 Å². The SMILES string of the molecule is COCCN(CCOC)S(=O)(=O)NCC1(COC)CCNCC1.Cl. The summed E-state index contributed by atoms with van der Waals surface area (Å²) >= 11 is 0. The molecule has 8 nitrogen and oxygen atoms in total. The molecule has 1 heterocycles. The van der Waals surface area contributed by atoms with Crippen molar-refractivity contribution in [1.82, 2.24) is 14.3 Å². The summed E-state index contributed by atoms with van der Waals surface area (Å²) < 4.78 is 44.6. The van der Waals surface area contributed by atoms with Crippen molar-refractivity contribution >= 4 is 22.6 Å². The van der Waals surface area contributed by atoms with Crippen LogP contribution in [0.4, 0.5) is 0 Å². The smallest absolute Gasteiger partial charge is 0.279 e. The molecule has 1 fully saturated rings. The molecule has 0 aromatic rings. The van der Waals surface area contributed by atoms with E-state index in [9.17, 15) is 8.42 Å². The predicted octanol–water partition coefficient (Wildman–Crippen LogP) is -0.146. The summed E-state index contributed by atoms with van der Waals surface area (Å²) in [5.41, 5.74) is -0.152. The Labute approximate surface area is 152 Å². The van der Waals surface area contributed by atoms with Gasteiger partial charge in [-0.15, -0.1) is 12.4 Å². The van der Waals surface area contributed by atoms with Gasteiger partial charge in [-0.2, -0.15) is 12.7 Å². The molecule has 2 N–H and O–H groups in total. The van der Waals surface area contributed by atoms with Gasteiger partial charge in [0, 0.05) is 46.4 Å². The summed E-state index contributed by atoms with van der Waals surface area (Å²) in [6.45, 7) is 3.97. The molecule has 146 valence electrons. The Morgan fingerprint density at radius 3 is 2.04 bits per heavy atom. The number of piperidine rings is 1. The summed E-state index contributed by atoms with van der Waals surface area (Å²) in [6.07, 6.45) is 1.78. The van der Waals surface area contributed by atoms with E-state index in [1.165, 1.54) is 4.31 Å². The van der Waals surface area contributed by atoms with Crippen molar-refractivity contribution in [3.63, 3.8) is 0 Å². The molecular weight excluding hydrogens is 358 g/mol. The Hall–Kier alpha value is -0.0000000000000000555. The lowest BCUT2D eigenvalue weighted by Crippen LogP contribution is -2.51. The predicted molar refractivity (Wildman–Crippen MR) is 95.9 cm³/mol. The number of hydrogen-bond donors (Lipinski definition) is 2. The lowest BCUT2D eigenvalue weighted by molar-refractivity contribution is 0.0572. The summed E-state index contributed by atoms with van der Waals surface area (Å²) in [5.74, 6) is 0. The van der Waals surface area contributed by atoms with Gasteiger partial charge in [0.25, 0.3) is 10.2 Å². The highest BCUT2D eigenvalue weighted by Gasteiger charge is 2.34. The van der Waals surface area contributed by atoms with Crippen molar-refractivity contribution in [2.45, 2.75) is 12.8 Å². The maximum Gasteiger partial charge on any atom is 0.279 e. The first-order valence-electron chi connectivity index (χ1n) is 7.92. The molecular formula is C14H32ClN3O5S. The zero-order valence-electron chi connectivity index (χ0n) is 14.9. The normalized spacial score (nSPS) is 17.7. The van der Waals surface area contributed by atoms with E-state index in [0.29, 0.717) is 39.5 Å². The van der Waals surface area contributed by atoms with Gasteiger partial charge in [0.15, 0.2) is 0 Å². The third-order valence-corrected chi connectivity index (χ3v) is 5.73. The van der Waals surface area contributed by atoms with Crippen molar-refractivity contribution in [3.8, 4) is 0 Å². The number of hydrogen-bond acceptors (Lipinski definition) is 6. The Kier molecular flexibility index (Phi) is 12.4. The lowest BCUT2D eigenvalue weighted by atomic mass is 9.80. The van der Waals surface area contributed by atoms with Crippen molar-refractivity contribution in [2.75, 3.05) is 73.9 Å². The molecule has 0 amide bonds. The van der Waals surface area contributed by atoms with E-state index in [-0.39, 0.29) is 17.8 Å². The van der Waals surface area contributed by atoms with Crippen LogP contribution in [0.25, 0.3) is 0 Å². The number of nitrogens with one attached hydrogen (secondary N) is 2. The van der Waals surface area contributed by atoms with Gasteiger partial charge in [-0.25, -0.2) is 4.72 Å². The first-order valence-corrected chi connectivity index (χ1v) is 9.36. The summed E-state index contributed by atoms with van der Waals surface area (Å²) in [7, 11) is 1.18. The van der Waals surface area contributed by atoms with Crippen LogP contribution >= 0.6 is 12.4 Å². The van der Waals surface area contributed by atoms with E-state index in [0.717, 1.165) is 25.9 Å². The highest BCUT2D eigenvalue weighted by atomic mass is 35.5. The van der Waals surface area contributed by atoms with Gasteiger partial charge in [-0.1, -0.05) is 0 Å². The van der Waals surface area contributed by atoms with E-state index < -0.39 is 10.2 Å². The van der Waals surface area contributed by atoms with Crippen LogP contribution in [0.1, 0.15) is 12.8 Å². The molecule has 0 aromatic heterocycles. The maximum absolute atomic E-state index is 12.6. The van der Waals surface area contributed by atoms with E-state index >= 15 is 0 Å². The molecule has 0 aliphatic carbocycles. The van der Waals surface area contributed by atoms with Crippen molar-refractivity contribution < 1.29 is 22.6 Å². The highest BCUT2D eigenvalue weighted by Crippen LogP contribution is 2.28. The van der Waals surface area contributed by atoms with Crippen LogP contribution < -0.4 is 10.0 Å². The largest absolute Gasteiger partial charge is 0.384 e. The molecule has 0 atom stereocenters. The molecule has 1 aliphatic heterocycles. The highest BCUT2D eigenvalue weighted by molar-refractivity contribution is 7.87. The Balaban J connectivity index is 0.00000529. The van der Waals surface area contributed by atoms with Crippen molar-refractivity contribution in [3.05, 3.63) is 0 Å². The second-order valence-electron chi connectivity index (χ2n) is 5.89. The van der Waals surface area contributed by atoms with Crippen LogP contribution in [-0.4, -0.2) is 86.6 Å². The van der Waals surface area contributed by atoms with Crippen molar-refractivity contribution in [1.29, 1.82) is 0 Å². The van der Waals surface area contributed by atoms with Crippen LogP contribution in [0.2, 0.25) is 0 Å². The van der Waals surface area contributed by atoms with E-state index in [2.05, 4.69) is 10.0 Å². The topological polar surface area (TPSA) is 89.1 Å². The molecule has 1 rings (SSSR count). The van der Waals surface area contributed by atoms with Crippen molar-refractivity contribution in [2.24, 2.45) is 5.41 Å². The molecule has 0 saturated carbocycles. The molecule has 1 saturated heterocycles. The molecule has 0 radical (unpaired) electrons. The second kappa shape index (κ2) is 12.4. The van der Waals surface area contributed by atoms with Gasteiger partial charge in [-0.3, -0.25) is 0 Å². The third kappa shape index (κ3) is 7.92. The fourth-order valence-electron chi connectivity index (χ4n) is 2.71. The minimum atomic E-state index is -3.58. The van der Waals surface area contributed by atoms with Gasteiger partial charge in [0.2, 0.25) is 0 Å². The summed E-state index contributed by atoms with van der Waals surface area (Å²) in [6, 6.07) is 0. The fourth-order valence-corrected chi connectivity index (χ4v) is 4.01. The quantitative estimate of drug-likeness (QED) is 0.482. The first-order chi connectivity index (χ1) is 11.0. The van der Waals surface area contributed by atoms with E-state index in [1.807, 2.05) is 0 Å². The minimum absolute atomic E-state index is 0. The molecule has 10 heteroatoms. The fraction of sp³-hybridized carbons (Fsp3) is 1.00. The minimum Gasteiger partial charge on any atom is -0.384 e. The Bertz CT molecular complexity index is 405. The number of rotatable bonds is 12. The lowest BCUT2D eigenvalue weighted by Gasteiger charge is -2.37. The molecule has 1 aliphatic rings. The van der Waals surface area contributed by atoms with Gasteiger partial charge in [-0.05, 0) is 25.9 Å². The number of nitrogens with zero attached hydrogens (tertiary/aromatic N) is 1. The molecule has 0 unspecified atom stereocenters. The molecule has 24 heavy (non-hydrogen) atoms. The van der Waals surface area contributed by atoms with Crippen LogP contribution in [0.3, 0.4) is 0 Å². The molecule has 0 aromatic carbocycles.